The highest BCUT2D eigenvalue weighted by Gasteiger charge is 2.29. The SMILES string of the molecule is CCNC(=NCC1CCOC1c1ccccc1)N1CC=C(c2ccccc2)CC1.I. The van der Waals surface area contributed by atoms with Crippen molar-refractivity contribution in [2.24, 2.45) is 10.9 Å². The van der Waals surface area contributed by atoms with E-state index in [1.165, 1.54) is 16.7 Å². The van der Waals surface area contributed by atoms with Gasteiger partial charge in [0.05, 0.1) is 6.10 Å². The summed E-state index contributed by atoms with van der Waals surface area (Å²) in [5.41, 5.74) is 4.04. The second-order valence-corrected chi connectivity index (χ2v) is 7.74. The van der Waals surface area contributed by atoms with E-state index >= 15 is 0 Å². The Morgan fingerprint density at radius 3 is 2.50 bits per heavy atom. The molecule has 2 aliphatic rings. The van der Waals surface area contributed by atoms with Gasteiger partial charge in [-0.25, -0.2) is 0 Å². The van der Waals surface area contributed by atoms with Gasteiger partial charge in [-0.05, 0) is 36.5 Å². The summed E-state index contributed by atoms with van der Waals surface area (Å²) < 4.78 is 6.04. The lowest BCUT2D eigenvalue weighted by Crippen LogP contribution is -2.43. The number of halogens is 1. The minimum Gasteiger partial charge on any atom is -0.373 e. The van der Waals surface area contributed by atoms with Crippen molar-refractivity contribution >= 4 is 35.5 Å². The summed E-state index contributed by atoms with van der Waals surface area (Å²) in [5.74, 6) is 1.46. The van der Waals surface area contributed by atoms with Crippen LogP contribution in [0.25, 0.3) is 5.57 Å². The normalized spacial score (nSPS) is 21.7. The minimum atomic E-state index is 0. The van der Waals surface area contributed by atoms with Crippen molar-refractivity contribution in [2.45, 2.75) is 25.9 Å². The fourth-order valence-electron chi connectivity index (χ4n) is 4.24. The van der Waals surface area contributed by atoms with E-state index in [1.807, 2.05) is 0 Å². The summed E-state index contributed by atoms with van der Waals surface area (Å²) in [6, 6.07) is 21.3. The number of nitrogens with zero attached hydrogens (tertiary/aromatic N) is 2. The zero-order valence-corrected chi connectivity index (χ0v) is 20.0. The maximum atomic E-state index is 6.04. The molecule has 4 rings (SSSR count). The Hall–Kier alpha value is -1.86. The van der Waals surface area contributed by atoms with E-state index in [1.54, 1.807) is 0 Å². The second-order valence-electron chi connectivity index (χ2n) is 7.74. The van der Waals surface area contributed by atoms with Gasteiger partial charge in [0.25, 0.3) is 0 Å². The highest BCUT2D eigenvalue weighted by atomic mass is 127. The topological polar surface area (TPSA) is 36.9 Å². The molecular formula is C25H32IN3O. The summed E-state index contributed by atoms with van der Waals surface area (Å²) >= 11 is 0. The number of aliphatic imine (C=N–C) groups is 1. The lowest BCUT2D eigenvalue weighted by atomic mass is 9.95. The maximum Gasteiger partial charge on any atom is 0.194 e. The van der Waals surface area contributed by atoms with Gasteiger partial charge in [-0.2, -0.15) is 0 Å². The van der Waals surface area contributed by atoms with E-state index in [0.29, 0.717) is 5.92 Å². The number of nitrogens with one attached hydrogen (secondary N) is 1. The first-order valence-electron chi connectivity index (χ1n) is 10.8. The summed E-state index contributed by atoms with van der Waals surface area (Å²) in [4.78, 5) is 7.38. The van der Waals surface area contributed by atoms with Crippen LogP contribution in [0.3, 0.4) is 0 Å². The number of hydrogen-bond donors (Lipinski definition) is 1. The first-order chi connectivity index (χ1) is 14.3. The van der Waals surface area contributed by atoms with Crippen LogP contribution in [-0.4, -0.2) is 43.6 Å². The van der Waals surface area contributed by atoms with Crippen LogP contribution >= 0.6 is 24.0 Å². The van der Waals surface area contributed by atoms with Crippen LogP contribution in [0, 0.1) is 5.92 Å². The van der Waals surface area contributed by atoms with Crippen molar-refractivity contribution in [1.82, 2.24) is 10.2 Å². The fraction of sp³-hybridized carbons (Fsp3) is 0.400. The van der Waals surface area contributed by atoms with Crippen LogP contribution in [0.1, 0.15) is 37.0 Å². The average molecular weight is 517 g/mol. The molecule has 0 spiro atoms. The quantitative estimate of drug-likeness (QED) is 0.339. The molecule has 0 aliphatic carbocycles. The molecule has 1 fully saturated rings. The Labute approximate surface area is 197 Å². The molecule has 160 valence electrons. The molecule has 30 heavy (non-hydrogen) atoms. The van der Waals surface area contributed by atoms with Crippen molar-refractivity contribution in [3.8, 4) is 0 Å². The van der Waals surface area contributed by atoms with Gasteiger partial charge in [0, 0.05) is 38.7 Å². The number of hydrogen-bond acceptors (Lipinski definition) is 2. The predicted molar refractivity (Wildman–Crippen MR) is 135 cm³/mol. The highest BCUT2D eigenvalue weighted by molar-refractivity contribution is 14.0. The molecule has 1 saturated heterocycles. The molecule has 0 aromatic heterocycles. The number of benzene rings is 2. The first-order valence-corrected chi connectivity index (χ1v) is 10.8. The van der Waals surface area contributed by atoms with Gasteiger partial charge in [0.1, 0.15) is 0 Å². The molecule has 2 atom stereocenters. The Kier molecular flexibility index (Phi) is 8.75. The average Bonchev–Trinajstić information content (AvgIpc) is 3.27. The van der Waals surface area contributed by atoms with Gasteiger partial charge >= 0.3 is 0 Å². The molecule has 2 aliphatic heterocycles. The Bertz CT molecular complexity index is 838. The Morgan fingerprint density at radius 2 is 1.83 bits per heavy atom. The van der Waals surface area contributed by atoms with E-state index in [0.717, 1.165) is 51.6 Å². The number of rotatable bonds is 5. The second kappa shape index (κ2) is 11.5. The Morgan fingerprint density at radius 1 is 1.10 bits per heavy atom. The molecule has 4 nitrogen and oxygen atoms in total. The standard InChI is InChI=1S/C25H31N3O.HI/c1-2-26-25(28-16-13-21(14-17-28)20-9-5-3-6-10-20)27-19-23-15-18-29-24(23)22-11-7-4-8-12-22;/h3-13,23-24H,2,14-19H2,1H3,(H,26,27);1H. The molecule has 1 N–H and O–H groups in total. The maximum absolute atomic E-state index is 6.04. The van der Waals surface area contributed by atoms with Crippen LogP contribution in [0.4, 0.5) is 0 Å². The van der Waals surface area contributed by atoms with Crippen molar-refractivity contribution < 1.29 is 4.74 Å². The molecule has 0 amide bonds. The fourth-order valence-corrected chi connectivity index (χ4v) is 4.24. The van der Waals surface area contributed by atoms with Gasteiger partial charge in [0.2, 0.25) is 0 Å². The zero-order chi connectivity index (χ0) is 19.9. The van der Waals surface area contributed by atoms with E-state index < -0.39 is 0 Å². The van der Waals surface area contributed by atoms with Crippen molar-refractivity contribution in [3.05, 3.63) is 77.9 Å². The molecular weight excluding hydrogens is 485 g/mol. The lowest BCUT2D eigenvalue weighted by molar-refractivity contribution is 0.0925. The molecule has 2 aromatic rings. The van der Waals surface area contributed by atoms with Gasteiger partial charge < -0.3 is 15.0 Å². The molecule has 2 heterocycles. The third-order valence-corrected chi connectivity index (χ3v) is 5.81. The van der Waals surface area contributed by atoms with Gasteiger partial charge in [0.15, 0.2) is 5.96 Å². The number of guanidine groups is 1. The zero-order valence-electron chi connectivity index (χ0n) is 17.7. The van der Waals surface area contributed by atoms with Gasteiger partial charge in [-0.1, -0.05) is 66.7 Å². The largest absolute Gasteiger partial charge is 0.373 e. The lowest BCUT2D eigenvalue weighted by Gasteiger charge is -2.30. The van der Waals surface area contributed by atoms with Crippen LogP contribution in [0.5, 0.6) is 0 Å². The molecule has 0 saturated carbocycles. The minimum absolute atomic E-state index is 0. The van der Waals surface area contributed by atoms with Crippen LogP contribution in [-0.2, 0) is 4.74 Å². The summed E-state index contributed by atoms with van der Waals surface area (Å²) in [5, 5.41) is 3.49. The smallest absolute Gasteiger partial charge is 0.194 e. The first kappa shape index (κ1) is 22.8. The van der Waals surface area contributed by atoms with Crippen LogP contribution in [0.2, 0.25) is 0 Å². The summed E-state index contributed by atoms with van der Waals surface area (Å²) in [7, 11) is 0. The van der Waals surface area contributed by atoms with E-state index in [-0.39, 0.29) is 30.1 Å². The van der Waals surface area contributed by atoms with Crippen molar-refractivity contribution in [2.75, 3.05) is 32.8 Å². The third-order valence-electron chi connectivity index (χ3n) is 5.81. The molecule has 0 radical (unpaired) electrons. The van der Waals surface area contributed by atoms with E-state index in [4.69, 9.17) is 9.73 Å². The van der Waals surface area contributed by atoms with Gasteiger partial charge in [-0.15, -0.1) is 24.0 Å². The monoisotopic (exact) mass is 517 g/mol. The van der Waals surface area contributed by atoms with E-state index in [9.17, 15) is 0 Å². The summed E-state index contributed by atoms with van der Waals surface area (Å²) in [6.07, 6.45) is 4.62. The van der Waals surface area contributed by atoms with Crippen LogP contribution in [0.15, 0.2) is 71.7 Å². The van der Waals surface area contributed by atoms with Crippen LogP contribution < -0.4 is 5.32 Å². The Balaban J connectivity index is 0.00000256. The van der Waals surface area contributed by atoms with E-state index in [2.05, 4.69) is 83.9 Å². The van der Waals surface area contributed by atoms with Crippen molar-refractivity contribution in [1.29, 1.82) is 0 Å². The highest BCUT2D eigenvalue weighted by Crippen LogP contribution is 2.34. The summed E-state index contributed by atoms with van der Waals surface area (Å²) in [6.45, 7) is 6.54. The molecule has 0 bridgehead atoms. The molecule has 5 heteroatoms. The van der Waals surface area contributed by atoms with Crippen molar-refractivity contribution in [3.63, 3.8) is 0 Å². The third kappa shape index (κ3) is 5.64. The van der Waals surface area contributed by atoms with Gasteiger partial charge in [-0.3, -0.25) is 4.99 Å². The number of ether oxygens (including phenoxy) is 1. The molecule has 2 unspecified atom stereocenters. The molecule has 2 aromatic carbocycles. The predicted octanol–water partition coefficient (Wildman–Crippen LogP) is 5.14.